The summed E-state index contributed by atoms with van der Waals surface area (Å²) < 4.78 is 15.7. The van der Waals surface area contributed by atoms with Gasteiger partial charge in [-0.05, 0) is 31.2 Å². The molecule has 1 N–H and O–H groups in total. The van der Waals surface area contributed by atoms with E-state index in [0.717, 1.165) is 13.1 Å². The van der Waals surface area contributed by atoms with Crippen molar-refractivity contribution in [1.82, 2.24) is 25.0 Å². The molecular weight excluding hydrogens is 467 g/mol. The summed E-state index contributed by atoms with van der Waals surface area (Å²) in [5, 5.41) is 11.9. The average molecular weight is 497 g/mol. The Labute approximate surface area is 208 Å². The average Bonchev–Trinajstić information content (AvgIpc) is 3.29. The van der Waals surface area contributed by atoms with Crippen LogP contribution in [0.4, 0.5) is 10.1 Å². The molecule has 184 valence electrons. The smallest absolute Gasteiger partial charge is 0.254 e. The standard InChI is InChI=1S/C25H29FN6O2S/c1-2-32-22(12-13-27-24(34)20-10-6-7-11-21(20)26)28-29-25(32)35-18-23(33)31-16-14-30(15-17-31)19-8-4-3-5-9-19/h3-11H,2,12-18H2,1H3,(H,27,34). The summed E-state index contributed by atoms with van der Waals surface area (Å²) in [4.78, 5) is 29.2. The number of hydrogen-bond acceptors (Lipinski definition) is 6. The first-order valence-corrected chi connectivity index (χ1v) is 12.7. The summed E-state index contributed by atoms with van der Waals surface area (Å²) in [6.45, 7) is 5.96. The van der Waals surface area contributed by atoms with Gasteiger partial charge in [-0.25, -0.2) is 4.39 Å². The molecule has 0 unspecified atom stereocenters. The minimum Gasteiger partial charge on any atom is -0.368 e. The van der Waals surface area contributed by atoms with Crippen LogP contribution in [-0.2, 0) is 17.8 Å². The molecule has 0 aliphatic carbocycles. The number of nitrogens with one attached hydrogen (secondary N) is 1. The highest BCUT2D eigenvalue weighted by Crippen LogP contribution is 2.20. The third-order valence-corrected chi connectivity index (χ3v) is 6.89. The highest BCUT2D eigenvalue weighted by atomic mass is 32.2. The van der Waals surface area contributed by atoms with Gasteiger partial charge < -0.3 is 19.7 Å². The van der Waals surface area contributed by atoms with Crippen molar-refractivity contribution in [2.24, 2.45) is 0 Å². The first-order valence-electron chi connectivity index (χ1n) is 11.7. The van der Waals surface area contributed by atoms with Gasteiger partial charge in [0.1, 0.15) is 11.6 Å². The van der Waals surface area contributed by atoms with E-state index in [1.54, 1.807) is 12.1 Å². The van der Waals surface area contributed by atoms with Crippen molar-refractivity contribution >= 4 is 29.3 Å². The van der Waals surface area contributed by atoms with Gasteiger partial charge in [-0.1, -0.05) is 42.1 Å². The fraction of sp³-hybridized carbons (Fsp3) is 0.360. The molecule has 1 aliphatic rings. The molecule has 0 radical (unpaired) electrons. The normalized spacial score (nSPS) is 13.7. The summed E-state index contributed by atoms with van der Waals surface area (Å²) >= 11 is 1.38. The Morgan fingerprint density at radius 2 is 1.71 bits per heavy atom. The van der Waals surface area contributed by atoms with Crippen molar-refractivity contribution in [2.45, 2.75) is 25.0 Å². The van der Waals surface area contributed by atoms with Gasteiger partial charge in [-0.3, -0.25) is 9.59 Å². The first kappa shape index (κ1) is 24.7. The number of nitrogens with zero attached hydrogens (tertiary/aromatic N) is 5. The molecule has 8 nitrogen and oxygen atoms in total. The molecule has 4 rings (SSSR count). The molecule has 35 heavy (non-hydrogen) atoms. The fourth-order valence-electron chi connectivity index (χ4n) is 4.03. The van der Waals surface area contributed by atoms with Gasteiger partial charge in [0.25, 0.3) is 5.91 Å². The second-order valence-electron chi connectivity index (χ2n) is 8.12. The molecule has 2 heterocycles. The number of thioether (sulfide) groups is 1. The predicted octanol–water partition coefficient (Wildman–Crippen LogP) is 2.85. The predicted molar refractivity (Wildman–Crippen MR) is 134 cm³/mol. The zero-order valence-electron chi connectivity index (χ0n) is 19.7. The number of aromatic nitrogens is 3. The van der Waals surface area contributed by atoms with E-state index in [1.165, 1.54) is 29.6 Å². The lowest BCUT2D eigenvalue weighted by molar-refractivity contribution is -0.128. The maximum Gasteiger partial charge on any atom is 0.254 e. The number of halogens is 1. The minimum atomic E-state index is -0.549. The molecule has 3 aromatic rings. The third-order valence-electron chi connectivity index (χ3n) is 5.94. The summed E-state index contributed by atoms with van der Waals surface area (Å²) in [7, 11) is 0. The van der Waals surface area contributed by atoms with E-state index < -0.39 is 11.7 Å². The van der Waals surface area contributed by atoms with Crippen molar-refractivity contribution in [3.8, 4) is 0 Å². The second-order valence-corrected chi connectivity index (χ2v) is 9.06. The van der Waals surface area contributed by atoms with Crippen molar-refractivity contribution in [1.29, 1.82) is 0 Å². The number of carbonyl (C=O) groups is 2. The van der Waals surface area contributed by atoms with Gasteiger partial charge >= 0.3 is 0 Å². The lowest BCUT2D eigenvalue weighted by Crippen LogP contribution is -2.49. The van der Waals surface area contributed by atoms with Gasteiger partial charge in [0.2, 0.25) is 5.91 Å². The van der Waals surface area contributed by atoms with E-state index in [9.17, 15) is 14.0 Å². The van der Waals surface area contributed by atoms with Crippen molar-refractivity contribution in [3.05, 3.63) is 71.8 Å². The van der Waals surface area contributed by atoms with Crippen LogP contribution in [0, 0.1) is 5.82 Å². The number of para-hydroxylation sites is 1. The number of piperazine rings is 1. The number of rotatable bonds is 9. The molecule has 0 spiro atoms. The van der Waals surface area contributed by atoms with Crippen LogP contribution in [0.3, 0.4) is 0 Å². The largest absolute Gasteiger partial charge is 0.368 e. The van der Waals surface area contributed by atoms with E-state index in [0.29, 0.717) is 49.3 Å². The molecule has 2 aromatic carbocycles. The second kappa shape index (κ2) is 11.8. The Morgan fingerprint density at radius 1 is 1.00 bits per heavy atom. The SMILES string of the molecule is CCn1c(CCNC(=O)c2ccccc2F)nnc1SCC(=O)N1CCN(c2ccccc2)CC1. The number of amides is 2. The van der Waals surface area contributed by atoms with Gasteiger partial charge in [0.05, 0.1) is 11.3 Å². The molecule has 1 aliphatic heterocycles. The van der Waals surface area contributed by atoms with Crippen LogP contribution < -0.4 is 10.2 Å². The summed E-state index contributed by atoms with van der Waals surface area (Å²) in [5.41, 5.74) is 1.20. The molecule has 1 aromatic heterocycles. The molecule has 1 saturated heterocycles. The zero-order chi connectivity index (χ0) is 24.6. The highest BCUT2D eigenvalue weighted by molar-refractivity contribution is 7.99. The van der Waals surface area contributed by atoms with E-state index in [2.05, 4.69) is 32.5 Å². The van der Waals surface area contributed by atoms with Crippen LogP contribution in [0.5, 0.6) is 0 Å². The third kappa shape index (κ3) is 6.19. The van der Waals surface area contributed by atoms with Crippen LogP contribution in [-0.4, -0.2) is 70.0 Å². The van der Waals surface area contributed by atoms with E-state index >= 15 is 0 Å². The van der Waals surface area contributed by atoms with Crippen LogP contribution >= 0.6 is 11.8 Å². The Bertz CT molecular complexity index is 1150. The Hall–Kier alpha value is -3.40. The van der Waals surface area contributed by atoms with Crippen LogP contribution in [0.15, 0.2) is 59.8 Å². The number of carbonyl (C=O) groups excluding carboxylic acids is 2. The summed E-state index contributed by atoms with van der Waals surface area (Å²) in [6, 6.07) is 16.1. The number of anilines is 1. The molecule has 1 fully saturated rings. The van der Waals surface area contributed by atoms with E-state index in [-0.39, 0.29) is 11.5 Å². The molecule has 0 atom stereocenters. The molecule has 0 saturated carbocycles. The maximum absolute atomic E-state index is 13.8. The van der Waals surface area contributed by atoms with Gasteiger partial charge in [0.15, 0.2) is 5.16 Å². The topological polar surface area (TPSA) is 83.4 Å². The van der Waals surface area contributed by atoms with Crippen LogP contribution in [0.25, 0.3) is 0 Å². The quantitative estimate of drug-likeness (QED) is 0.459. The number of hydrogen-bond donors (Lipinski definition) is 1. The molecule has 2 amide bonds. The first-order chi connectivity index (χ1) is 17.1. The monoisotopic (exact) mass is 496 g/mol. The van der Waals surface area contributed by atoms with Crippen LogP contribution in [0.1, 0.15) is 23.1 Å². The Morgan fingerprint density at radius 3 is 2.43 bits per heavy atom. The van der Waals surface area contributed by atoms with E-state index in [1.807, 2.05) is 34.6 Å². The zero-order valence-corrected chi connectivity index (χ0v) is 20.5. The van der Waals surface area contributed by atoms with Gasteiger partial charge in [-0.2, -0.15) is 0 Å². The van der Waals surface area contributed by atoms with Crippen LogP contribution in [0.2, 0.25) is 0 Å². The Balaban J connectivity index is 1.25. The highest BCUT2D eigenvalue weighted by Gasteiger charge is 2.22. The van der Waals surface area contributed by atoms with Crippen molar-refractivity contribution < 1.29 is 14.0 Å². The van der Waals surface area contributed by atoms with Crippen molar-refractivity contribution in [2.75, 3.05) is 43.4 Å². The summed E-state index contributed by atoms with van der Waals surface area (Å²) in [5.74, 6) is 0.0950. The molecule has 0 bridgehead atoms. The lowest BCUT2D eigenvalue weighted by Gasteiger charge is -2.36. The minimum absolute atomic E-state index is 0.0174. The lowest BCUT2D eigenvalue weighted by atomic mass is 10.2. The van der Waals surface area contributed by atoms with E-state index in [4.69, 9.17) is 0 Å². The molecule has 10 heteroatoms. The maximum atomic E-state index is 13.8. The van der Waals surface area contributed by atoms with Crippen molar-refractivity contribution in [3.63, 3.8) is 0 Å². The van der Waals surface area contributed by atoms with Gasteiger partial charge in [-0.15, -0.1) is 10.2 Å². The Kier molecular flexibility index (Phi) is 8.36. The van der Waals surface area contributed by atoms with Gasteiger partial charge in [0, 0.05) is 51.4 Å². The fourth-order valence-corrected chi connectivity index (χ4v) is 4.95. The number of benzene rings is 2. The molecular formula is C25H29FN6O2S. The summed E-state index contributed by atoms with van der Waals surface area (Å²) in [6.07, 6.45) is 0.455.